The predicted molar refractivity (Wildman–Crippen MR) is 150 cm³/mol. The Balaban J connectivity index is 1.23. The van der Waals surface area contributed by atoms with Crippen LogP contribution in [0, 0.1) is 35.3 Å². The van der Waals surface area contributed by atoms with Gasteiger partial charge in [-0.05, 0) is 104 Å². The standard InChI is InChI=1S/C34H50F2/c1-3-5-7-9-25-13-18-28(19-14-25)29-20-15-26(16-21-29)11-12-27-17-22-30-24-31(10-8-6-4-2)33(35)34(36)32(30)23-27/h17,22-26,28-29H,3-16,18-21H2,1-2H3. The van der Waals surface area contributed by atoms with E-state index in [0.29, 0.717) is 17.4 Å². The lowest BCUT2D eigenvalue weighted by molar-refractivity contribution is 0.140. The summed E-state index contributed by atoms with van der Waals surface area (Å²) in [4.78, 5) is 0. The number of benzene rings is 2. The van der Waals surface area contributed by atoms with E-state index >= 15 is 0 Å². The molecule has 2 heteroatoms. The highest BCUT2D eigenvalue weighted by molar-refractivity contribution is 5.84. The zero-order valence-electron chi connectivity index (χ0n) is 23.1. The summed E-state index contributed by atoms with van der Waals surface area (Å²) >= 11 is 0. The summed E-state index contributed by atoms with van der Waals surface area (Å²) in [6.07, 6.45) is 23.0. The number of hydrogen-bond donors (Lipinski definition) is 0. The Labute approximate surface area is 219 Å². The quantitative estimate of drug-likeness (QED) is 0.256. The first-order valence-electron chi connectivity index (χ1n) is 15.5. The summed E-state index contributed by atoms with van der Waals surface area (Å²) in [5.41, 5.74) is 1.69. The van der Waals surface area contributed by atoms with Crippen LogP contribution in [0.2, 0.25) is 0 Å². The zero-order chi connectivity index (χ0) is 25.3. The number of unbranched alkanes of at least 4 members (excludes halogenated alkanes) is 4. The first-order valence-corrected chi connectivity index (χ1v) is 15.5. The second-order valence-corrected chi connectivity index (χ2v) is 12.3. The lowest BCUT2D eigenvalue weighted by Crippen LogP contribution is -2.26. The van der Waals surface area contributed by atoms with E-state index in [1.54, 1.807) is 0 Å². The van der Waals surface area contributed by atoms with Gasteiger partial charge >= 0.3 is 0 Å². The van der Waals surface area contributed by atoms with E-state index in [0.717, 1.165) is 60.3 Å². The van der Waals surface area contributed by atoms with Crippen LogP contribution in [0.1, 0.15) is 128 Å². The molecule has 0 radical (unpaired) electrons. The summed E-state index contributed by atoms with van der Waals surface area (Å²) in [6.45, 7) is 4.44. The Morgan fingerprint density at radius 2 is 1.25 bits per heavy atom. The molecule has 0 aliphatic heterocycles. The smallest absolute Gasteiger partial charge is 0.166 e. The van der Waals surface area contributed by atoms with E-state index in [2.05, 4.69) is 19.9 Å². The molecule has 0 amide bonds. The summed E-state index contributed by atoms with van der Waals surface area (Å²) in [6, 6.07) is 7.92. The third kappa shape index (κ3) is 7.32. The van der Waals surface area contributed by atoms with Gasteiger partial charge in [-0.25, -0.2) is 8.78 Å². The molecule has 0 nitrogen and oxygen atoms in total. The molecule has 0 aromatic heterocycles. The highest BCUT2D eigenvalue weighted by Crippen LogP contribution is 2.43. The Bertz CT molecular complexity index is 932. The van der Waals surface area contributed by atoms with Crippen molar-refractivity contribution in [3.63, 3.8) is 0 Å². The minimum atomic E-state index is -0.651. The molecule has 0 N–H and O–H groups in total. The van der Waals surface area contributed by atoms with Crippen LogP contribution in [0.4, 0.5) is 8.78 Å². The largest absolute Gasteiger partial charge is 0.203 e. The highest BCUT2D eigenvalue weighted by Gasteiger charge is 2.30. The van der Waals surface area contributed by atoms with E-state index in [1.165, 1.54) is 83.5 Å². The van der Waals surface area contributed by atoms with Crippen LogP contribution in [-0.4, -0.2) is 0 Å². The van der Waals surface area contributed by atoms with Crippen LogP contribution in [-0.2, 0) is 12.8 Å². The molecule has 2 saturated carbocycles. The van der Waals surface area contributed by atoms with Crippen molar-refractivity contribution in [1.29, 1.82) is 0 Å². The van der Waals surface area contributed by atoms with Gasteiger partial charge in [-0.15, -0.1) is 0 Å². The fraction of sp³-hybridized carbons (Fsp3) is 0.706. The maximum Gasteiger partial charge on any atom is 0.166 e. The molecule has 2 aliphatic rings. The molecule has 2 aromatic carbocycles. The van der Waals surface area contributed by atoms with E-state index in [-0.39, 0.29) is 0 Å². The first-order chi connectivity index (χ1) is 17.6. The Hall–Kier alpha value is -1.44. The Kier molecular flexibility index (Phi) is 10.7. The fourth-order valence-electron chi connectivity index (χ4n) is 7.28. The van der Waals surface area contributed by atoms with Crippen LogP contribution >= 0.6 is 0 Å². The number of rotatable bonds is 12. The van der Waals surface area contributed by atoms with Crippen molar-refractivity contribution in [3.05, 3.63) is 47.0 Å². The van der Waals surface area contributed by atoms with Crippen LogP contribution in [0.3, 0.4) is 0 Å². The third-order valence-corrected chi connectivity index (χ3v) is 9.71. The van der Waals surface area contributed by atoms with Crippen LogP contribution in [0.5, 0.6) is 0 Å². The number of halogens is 2. The SMILES string of the molecule is CCCCCc1cc2ccc(CCC3CCC(C4CCC(CCCCC)CC4)CC3)cc2c(F)c1F. The fourth-order valence-corrected chi connectivity index (χ4v) is 7.28. The van der Waals surface area contributed by atoms with Crippen molar-refractivity contribution >= 4 is 10.8 Å². The molecule has 0 unspecified atom stereocenters. The second kappa shape index (κ2) is 13.9. The van der Waals surface area contributed by atoms with Crippen LogP contribution in [0.25, 0.3) is 10.8 Å². The van der Waals surface area contributed by atoms with Gasteiger partial charge in [0.2, 0.25) is 0 Å². The molecule has 2 fully saturated rings. The van der Waals surface area contributed by atoms with Crippen LogP contribution < -0.4 is 0 Å². The van der Waals surface area contributed by atoms with Gasteiger partial charge in [-0.2, -0.15) is 0 Å². The molecular weight excluding hydrogens is 446 g/mol. The van der Waals surface area contributed by atoms with Gasteiger partial charge < -0.3 is 0 Å². The van der Waals surface area contributed by atoms with Crippen molar-refractivity contribution in [2.24, 2.45) is 23.7 Å². The molecule has 2 aliphatic carbocycles. The summed E-state index contributed by atoms with van der Waals surface area (Å²) in [5, 5.41) is 1.29. The maximum absolute atomic E-state index is 14.9. The van der Waals surface area contributed by atoms with Gasteiger partial charge in [-0.3, -0.25) is 0 Å². The van der Waals surface area contributed by atoms with E-state index in [9.17, 15) is 8.78 Å². The van der Waals surface area contributed by atoms with E-state index in [1.807, 2.05) is 18.2 Å². The molecule has 0 bridgehead atoms. The van der Waals surface area contributed by atoms with Crippen molar-refractivity contribution < 1.29 is 8.78 Å². The average Bonchev–Trinajstić information content (AvgIpc) is 2.91. The van der Waals surface area contributed by atoms with Crippen LogP contribution in [0.15, 0.2) is 24.3 Å². The lowest BCUT2D eigenvalue weighted by atomic mass is 9.68. The number of hydrogen-bond acceptors (Lipinski definition) is 0. The first kappa shape index (κ1) is 27.6. The topological polar surface area (TPSA) is 0 Å². The third-order valence-electron chi connectivity index (χ3n) is 9.71. The van der Waals surface area contributed by atoms with Gasteiger partial charge in [0.1, 0.15) is 0 Å². The van der Waals surface area contributed by atoms with Crippen molar-refractivity contribution in [2.45, 2.75) is 129 Å². The Morgan fingerprint density at radius 1 is 0.639 bits per heavy atom. The number of aryl methyl sites for hydroxylation is 2. The van der Waals surface area contributed by atoms with Gasteiger partial charge in [0.25, 0.3) is 0 Å². The predicted octanol–water partition coefficient (Wildman–Crippen LogP) is 11.0. The molecule has 200 valence electrons. The monoisotopic (exact) mass is 496 g/mol. The summed E-state index contributed by atoms with van der Waals surface area (Å²) in [7, 11) is 0. The van der Waals surface area contributed by atoms with Crippen molar-refractivity contribution in [1.82, 2.24) is 0 Å². The van der Waals surface area contributed by atoms with Crippen molar-refractivity contribution in [3.8, 4) is 0 Å². The molecule has 36 heavy (non-hydrogen) atoms. The van der Waals surface area contributed by atoms with Gasteiger partial charge in [0, 0.05) is 5.39 Å². The van der Waals surface area contributed by atoms with E-state index < -0.39 is 11.6 Å². The summed E-state index contributed by atoms with van der Waals surface area (Å²) in [5.74, 6) is 2.47. The minimum absolute atomic E-state index is 0.457. The van der Waals surface area contributed by atoms with E-state index in [4.69, 9.17) is 0 Å². The van der Waals surface area contributed by atoms with Gasteiger partial charge in [0.05, 0.1) is 0 Å². The molecular formula is C34H50F2. The lowest BCUT2D eigenvalue weighted by Gasteiger charge is -2.38. The highest BCUT2D eigenvalue weighted by atomic mass is 19.2. The van der Waals surface area contributed by atoms with Gasteiger partial charge in [0.15, 0.2) is 11.6 Å². The molecule has 4 rings (SSSR count). The normalized spacial score (nSPS) is 24.9. The number of fused-ring (bicyclic) bond motifs is 1. The molecule has 0 saturated heterocycles. The second-order valence-electron chi connectivity index (χ2n) is 12.3. The van der Waals surface area contributed by atoms with Gasteiger partial charge in [-0.1, -0.05) is 90.2 Å². The maximum atomic E-state index is 14.9. The molecule has 2 aromatic rings. The minimum Gasteiger partial charge on any atom is -0.203 e. The zero-order valence-corrected chi connectivity index (χ0v) is 23.1. The Morgan fingerprint density at radius 3 is 1.89 bits per heavy atom. The summed E-state index contributed by atoms with van der Waals surface area (Å²) < 4.78 is 29.6. The molecule has 0 atom stereocenters. The molecule has 0 heterocycles. The molecule has 0 spiro atoms. The van der Waals surface area contributed by atoms with Crippen molar-refractivity contribution in [2.75, 3.05) is 0 Å². The average molecular weight is 497 g/mol.